The number of halogens is 2. The van der Waals surface area contributed by atoms with E-state index in [9.17, 15) is 19.2 Å². The highest BCUT2D eigenvalue weighted by Crippen LogP contribution is 2.51. The van der Waals surface area contributed by atoms with Gasteiger partial charge in [0.25, 0.3) is 0 Å². The number of hydrogen-bond donors (Lipinski definition) is 0. The second-order valence-electron chi connectivity index (χ2n) is 17.3. The van der Waals surface area contributed by atoms with Crippen molar-refractivity contribution in [2.24, 2.45) is 23.7 Å². The summed E-state index contributed by atoms with van der Waals surface area (Å²) >= 11 is 0. The van der Waals surface area contributed by atoms with Crippen LogP contribution >= 0.6 is 0 Å². The average Bonchev–Trinajstić information content (AvgIpc) is 3.77. The van der Waals surface area contributed by atoms with Crippen molar-refractivity contribution in [3.63, 3.8) is 0 Å². The number of carbonyl (C=O) groups is 4. The fourth-order valence-electron chi connectivity index (χ4n) is 11.5. The molecule has 55 heavy (non-hydrogen) atoms. The predicted molar refractivity (Wildman–Crippen MR) is 195 cm³/mol. The summed E-state index contributed by atoms with van der Waals surface area (Å²) in [5, 5.41) is 0. The molecule has 12 heteroatoms. The van der Waals surface area contributed by atoms with Gasteiger partial charge in [0.15, 0.2) is 0 Å². The molecule has 8 atom stereocenters. The molecular weight excluding hydrogens is 832 g/mol. The Morgan fingerprint density at radius 3 is 1.18 bits per heavy atom. The van der Waals surface area contributed by atoms with Crippen LogP contribution in [0.15, 0.2) is 60.7 Å². The summed E-state index contributed by atoms with van der Waals surface area (Å²) in [4.78, 5) is 50.7. The largest absolute Gasteiger partial charge is 1.00 e. The smallest absolute Gasteiger partial charge is 0.310 e. The van der Waals surface area contributed by atoms with E-state index in [1.54, 1.807) is 0 Å². The molecule has 0 radical (unpaired) electrons. The summed E-state index contributed by atoms with van der Waals surface area (Å²) < 4.78 is 25.0. The first-order valence-corrected chi connectivity index (χ1v) is 19.7. The van der Waals surface area contributed by atoms with Gasteiger partial charge in [0.2, 0.25) is 0 Å². The van der Waals surface area contributed by atoms with Gasteiger partial charge in [-0.05, 0) is 66.8 Å². The van der Waals surface area contributed by atoms with Gasteiger partial charge in [-0.1, -0.05) is 12.2 Å². The molecule has 8 unspecified atom stereocenters. The number of benzene rings is 2. The molecule has 4 aliphatic heterocycles. The van der Waals surface area contributed by atoms with Crippen molar-refractivity contribution in [3.05, 3.63) is 71.8 Å². The number of piperidine rings is 2. The summed E-state index contributed by atoms with van der Waals surface area (Å²) in [6, 6.07) is 17.2. The van der Waals surface area contributed by atoms with Gasteiger partial charge >= 0.3 is 23.9 Å². The number of hydrogen-bond acceptors (Lipinski definition) is 8. The SMILES string of the molecule is CC(=O)Oc1ccc(C[N+]2(C)C3CCC2CC(OC(=O)C2C4C=CC(C4)C2C(=O)OC2CC4CCC(C2)[N+]4(C)Cc2ccc(OC(C)=O)cc2)C3)cc1.[Br-].[Br-]. The fourth-order valence-corrected chi connectivity index (χ4v) is 11.5. The number of esters is 4. The van der Waals surface area contributed by atoms with E-state index < -0.39 is 11.8 Å². The lowest BCUT2D eigenvalue weighted by Crippen LogP contribution is -3.00. The highest BCUT2D eigenvalue weighted by Gasteiger charge is 2.57. The lowest BCUT2D eigenvalue weighted by molar-refractivity contribution is -0.961. The Labute approximate surface area is 345 Å². The number of nitrogens with zero attached hydrogens (tertiary/aromatic N) is 2. The van der Waals surface area contributed by atoms with Crippen LogP contribution in [-0.4, -0.2) is 83.3 Å². The third kappa shape index (κ3) is 8.21. The Hall–Kier alpha value is -3.06. The zero-order valence-corrected chi connectivity index (χ0v) is 35.4. The van der Waals surface area contributed by atoms with E-state index in [0.717, 1.165) is 79.8 Å². The summed E-state index contributed by atoms with van der Waals surface area (Å²) in [7, 11) is 4.66. The minimum atomic E-state index is -0.481. The maximum absolute atomic E-state index is 14.0. The van der Waals surface area contributed by atoms with E-state index in [2.05, 4.69) is 26.2 Å². The van der Waals surface area contributed by atoms with Crippen molar-refractivity contribution in [2.75, 3.05) is 14.1 Å². The topological polar surface area (TPSA) is 105 Å². The molecular formula is C43H54Br2N2O8. The minimum Gasteiger partial charge on any atom is -1.00 e. The van der Waals surface area contributed by atoms with Gasteiger partial charge in [-0.3, -0.25) is 19.2 Å². The van der Waals surface area contributed by atoms with Gasteiger partial charge in [-0.25, -0.2) is 0 Å². The van der Waals surface area contributed by atoms with Crippen LogP contribution in [-0.2, 0) is 41.7 Å². The third-order valence-corrected chi connectivity index (χ3v) is 14.1. The summed E-state index contributed by atoms with van der Waals surface area (Å²) in [5.74, 6) is -0.899. The number of carbonyl (C=O) groups excluding carboxylic acids is 4. The normalized spacial score (nSPS) is 36.3. The van der Waals surface area contributed by atoms with Gasteiger partial charge in [0, 0.05) is 76.3 Å². The molecule has 2 aromatic carbocycles. The molecule has 6 bridgehead atoms. The van der Waals surface area contributed by atoms with Crippen LogP contribution in [0.3, 0.4) is 0 Å². The standard InChI is InChI=1S/C43H54N2O8.2BrH/c1-26(46)50-36-15-5-28(6-16-36)24-44(3)32-11-12-33(44)21-38(20-32)52-42(48)40-30-9-10-31(19-30)41(40)43(49)53-39-22-34-13-14-35(23-39)45(34,4)25-29-7-17-37(18-8-29)51-27(2)47;;/h5-10,15-18,30-35,38-41H,11-14,19-25H2,1-4H3;2*1H/q+2;;/p-2. The highest BCUT2D eigenvalue weighted by atomic mass is 79.9. The van der Waals surface area contributed by atoms with E-state index in [1.165, 1.54) is 25.0 Å². The predicted octanol–water partition coefficient (Wildman–Crippen LogP) is 0.0501. The summed E-state index contributed by atoms with van der Waals surface area (Å²) in [6.45, 7) is 4.58. The van der Waals surface area contributed by atoms with Crippen LogP contribution in [0, 0.1) is 23.7 Å². The Morgan fingerprint density at radius 2 is 0.873 bits per heavy atom. The first-order chi connectivity index (χ1) is 25.4. The maximum atomic E-state index is 14.0. The van der Waals surface area contributed by atoms with E-state index in [-0.39, 0.29) is 81.9 Å². The zero-order valence-electron chi connectivity index (χ0n) is 32.2. The van der Waals surface area contributed by atoms with Gasteiger partial charge in [0.05, 0.1) is 50.1 Å². The molecule has 1 saturated carbocycles. The lowest BCUT2D eigenvalue weighted by atomic mass is 9.82. The van der Waals surface area contributed by atoms with Gasteiger partial charge in [0.1, 0.15) is 36.8 Å². The Balaban J connectivity index is 0.00000257. The molecule has 0 N–H and O–H groups in total. The molecule has 0 aromatic heterocycles. The van der Waals surface area contributed by atoms with Crippen LogP contribution in [0.2, 0.25) is 0 Å². The van der Waals surface area contributed by atoms with Crippen molar-refractivity contribution in [2.45, 2.75) is 121 Å². The second kappa shape index (κ2) is 16.4. The van der Waals surface area contributed by atoms with Crippen molar-refractivity contribution < 1.29 is 81.1 Å². The summed E-state index contributed by atoms with van der Waals surface area (Å²) in [5.41, 5.74) is 2.40. The zero-order chi connectivity index (χ0) is 37.1. The molecule has 0 amide bonds. The molecule has 2 aliphatic carbocycles. The molecule has 4 saturated heterocycles. The van der Waals surface area contributed by atoms with E-state index in [0.29, 0.717) is 35.7 Å². The first kappa shape index (κ1) is 41.6. The molecule has 8 rings (SSSR count). The lowest BCUT2D eigenvalue weighted by Gasteiger charge is -2.47. The second-order valence-corrected chi connectivity index (χ2v) is 17.3. The van der Waals surface area contributed by atoms with E-state index in [4.69, 9.17) is 18.9 Å². The first-order valence-electron chi connectivity index (χ1n) is 19.7. The van der Waals surface area contributed by atoms with E-state index >= 15 is 0 Å². The van der Waals surface area contributed by atoms with Gasteiger partial charge < -0.3 is 61.9 Å². The molecule has 298 valence electrons. The average molecular weight is 887 g/mol. The van der Waals surface area contributed by atoms with Crippen LogP contribution in [0.5, 0.6) is 11.5 Å². The van der Waals surface area contributed by atoms with Crippen LogP contribution in [0.1, 0.15) is 82.8 Å². The molecule has 4 heterocycles. The van der Waals surface area contributed by atoms with Crippen LogP contribution < -0.4 is 43.4 Å². The van der Waals surface area contributed by atoms with Crippen LogP contribution in [0.4, 0.5) is 0 Å². The Kier molecular flexibility index (Phi) is 12.4. The Bertz CT molecular complexity index is 1630. The van der Waals surface area contributed by atoms with Crippen molar-refractivity contribution >= 4 is 23.9 Å². The summed E-state index contributed by atoms with van der Waals surface area (Å²) in [6.07, 6.45) is 12.5. The molecule has 0 spiro atoms. The molecule has 2 aromatic rings. The minimum absolute atomic E-state index is 0. The fraction of sp³-hybridized carbons (Fsp3) is 0.581. The van der Waals surface area contributed by atoms with Crippen molar-refractivity contribution in [1.82, 2.24) is 0 Å². The molecule has 5 fully saturated rings. The van der Waals surface area contributed by atoms with Crippen LogP contribution in [0.25, 0.3) is 0 Å². The van der Waals surface area contributed by atoms with Gasteiger partial charge in [-0.15, -0.1) is 0 Å². The number of ether oxygens (including phenoxy) is 4. The number of rotatable bonds is 10. The molecule has 6 aliphatic rings. The van der Waals surface area contributed by atoms with Gasteiger partial charge in [-0.2, -0.15) is 0 Å². The van der Waals surface area contributed by atoms with Crippen molar-refractivity contribution in [1.29, 1.82) is 0 Å². The maximum Gasteiger partial charge on any atom is 0.310 e. The van der Waals surface area contributed by atoms with Crippen molar-refractivity contribution in [3.8, 4) is 11.5 Å². The number of allylic oxidation sites excluding steroid dienone is 2. The highest BCUT2D eigenvalue weighted by molar-refractivity contribution is 5.84. The Morgan fingerprint density at radius 1 is 0.545 bits per heavy atom. The van der Waals surface area contributed by atoms with E-state index in [1.807, 2.05) is 48.5 Å². The third-order valence-electron chi connectivity index (χ3n) is 14.1. The monoisotopic (exact) mass is 884 g/mol. The number of fused-ring (bicyclic) bond motifs is 6. The quantitative estimate of drug-likeness (QED) is 0.143. The molecule has 10 nitrogen and oxygen atoms in total. The number of quaternary nitrogens is 2.